The molecule has 0 aliphatic carbocycles. The molecule has 0 saturated heterocycles. The molecule has 0 aliphatic rings. The third-order valence-electron chi connectivity index (χ3n) is 2.64. The van der Waals surface area contributed by atoms with E-state index in [1.807, 2.05) is 0 Å². The summed E-state index contributed by atoms with van der Waals surface area (Å²) in [6.45, 7) is 1.95. The fourth-order valence-electron chi connectivity index (χ4n) is 1.84. The molecule has 0 radical (unpaired) electrons. The topological polar surface area (TPSA) is 92.7 Å². The number of benzene rings is 2. The van der Waals surface area contributed by atoms with Crippen LogP contribution in [0.1, 0.15) is 6.92 Å². The summed E-state index contributed by atoms with van der Waals surface area (Å²) in [5.74, 6) is 0. The Morgan fingerprint density at radius 2 is 2.05 bits per heavy atom. The Hall–Kier alpha value is -2.12. The van der Waals surface area contributed by atoms with Crippen LogP contribution >= 0.6 is 0 Å². The Morgan fingerprint density at radius 1 is 1.30 bits per heavy atom. The lowest BCUT2D eigenvalue weighted by Crippen LogP contribution is -2.13. The number of amides is 1. The van der Waals surface area contributed by atoms with Gasteiger partial charge in [0.25, 0.3) is 10.1 Å². The number of carbonyl (C=O) groups excluding carboxylic acids is 1. The summed E-state index contributed by atoms with van der Waals surface area (Å²) in [6.07, 6.45) is -0.585. The van der Waals surface area contributed by atoms with Gasteiger partial charge < -0.3 is 4.74 Å². The Balaban J connectivity index is 2.44. The SMILES string of the molecule is CCOC(=O)Nc1ccc2c(S(=O)(=O)O)cccc2c1. The molecule has 7 heteroatoms. The van der Waals surface area contributed by atoms with Gasteiger partial charge in [0, 0.05) is 11.1 Å². The molecule has 2 aromatic rings. The smallest absolute Gasteiger partial charge is 0.411 e. The molecular formula is C13H13NO5S. The van der Waals surface area contributed by atoms with Crippen molar-refractivity contribution >= 4 is 32.7 Å². The van der Waals surface area contributed by atoms with E-state index in [1.54, 1.807) is 19.1 Å². The number of ether oxygens (including phenoxy) is 1. The number of nitrogens with one attached hydrogen (secondary N) is 1. The van der Waals surface area contributed by atoms with E-state index < -0.39 is 16.2 Å². The van der Waals surface area contributed by atoms with Crippen LogP contribution in [0.25, 0.3) is 10.8 Å². The van der Waals surface area contributed by atoms with Gasteiger partial charge in [0.15, 0.2) is 0 Å². The maximum absolute atomic E-state index is 11.3. The molecule has 0 saturated carbocycles. The van der Waals surface area contributed by atoms with Gasteiger partial charge in [-0.05, 0) is 30.5 Å². The van der Waals surface area contributed by atoms with Crippen molar-refractivity contribution in [3.63, 3.8) is 0 Å². The van der Waals surface area contributed by atoms with Crippen molar-refractivity contribution in [2.45, 2.75) is 11.8 Å². The second-order valence-electron chi connectivity index (χ2n) is 4.01. The highest BCUT2D eigenvalue weighted by Gasteiger charge is 2.13. The summed E-state index contributed by atoms with van der Waals surface area (Å²) < 4.78 is 36.4. The zero-order valence-electron chi connectivity index (χ0n) is 10.7. The zero-order chi connectivity index (χ0) is 14.8. The molecule has 0 fully saturated rings. The molecule has 2 rings (SSSR count). The molecule has 0 bridgehead atoms. The molecule has 2 N–H and O–H groups in total. The number of anilines is 1. The monoisotopic (exact) mass is 295 g/mol. The number of hydrogen-bond donors (Lipinski definition) is 2. The van der Waals surface area contributed by atoms with Crippen LogP contribution in [-0.2, 0) is 14.9 Å². The number of hydrogen-bond acceptors (Lipinski definition) is 4. The largest absolute Gasteiger partial charge is 0.450 e. The maximum atomic E-state index is 11.3. The van der Waals surface area contributed by atoms with Crippen molar-refractivity contribution in [3.05, 3.63) is 36.4 Å². The Bertz CT molecular complexity index is 754. The molecule has 0 atom stereocenters. The van der Waals surface area contributed by atoms with Crippen LogP contribution in [-0.4, -0.2) is 25.7 Å². The van der Waals surface area contributed by atoms with Gasteiger partial charge in [0.05, 0.1) is 6.61 Å². The first-order chi connectivity index (χ1) is 9.41. The maximum Gasteiger partial charge on any atom is 0.411 e. The van der Waals surface area contributed by atoms with Crippen molar-refractivity contribution in [1.82, 2.24) is 0 Å². The van der Waals surface area contributed by atoms with Gasteiger partial charge in [0.1, 0.15) is 4.90 Å². The van der Waals surface area contributed by atoms with Gasteiger partial charge in [0.2, 0.25) is 0 Å². The molecule has 6 nitrogen and oxygen atoms in total. The molecule has 0 aromatic heterocycles. The minimum atomic E-state index is -4.29. The number of fused-ring (bicyclic) bond motifs is 1. The van der Waals surface area contributed by atoms with Gasteiger partial charge in [-0.15, -0.1) is 0 Å². The highest BCUT2D eigenvalue weighted by molar-refractivity contribution is 7.86. The minimum absolute atomic E-state index is 0.169. The van der Waals surface area contributed by atoms with Crippen LogP contribution in [0.5, 0.6) is 0 Å². The number of carbonyl (C=O) groups is 1. The Kier molecular flexibility index (Phi) is 3.91. The Morgan fingerprint density at radius 3 is 2.70 bits per heavy atom. The second kappa shape index (κ2) is 5.48. The summed E-state index contributed by atoms with van der Waals surface area (Å²) >= 11 is 0. The minimum Gasteiger partial charge on any atom is -0.450 e. The summed E-state index contributed by atoms with van der Waals surface area (Å²) in [4.78, 5) is 11.1. The van der Waals surface area contributed by atoms with Crippen LogP contribution < -0.4 is 5.32 Å². The first-order valence-electron chi connectivity index (χ1n) is 5.86. The lowest BCUT2D eigenvalue weighted by Gasteiger charge is -2.08. The molecule has 0 unspecified atom stereocenters. The molecular weight excluding hydrogens is 282 g/mol. The predicted molar refractivity (Wildman–Crippen MR) is 74.4 cm³/mol. The molecule has 0 heterocycles. The van der Waals surface area contributed by atoms with E-state index in [1.165, 1.54) is 24.3 Å². The van der Waals surface area contributed by atoms with Crippen molar-refractivity contribution in [3.8, 4) is 0 Å². The average molecular weight is 295 g/mol. The van der Waals surface area contributed by atoms with Crippen LogP contribution in [0.3, 0.4) is 0 Å². The van der Waals surface area contributed by atoms with E-state index in [-0.39, 0.29) is 11.5 Å². The van der Waals surface area contributed by atoms with Crippen molar-refractivity contribution in [1.29, 1.82) is 0 Å². The van der Waals surface area contributed by atoms with Gasteiger partial charge >= 0.3 is 6.09 Å². The van der Waals surface area contributed by atoms with Crippen LogP contribution in [0.4, 0.5) is 10.5 Å². The van der Waals surface area contributed by atoms with E-state index in [4.69, 9.17) is 9.29 Å². The standard InChI is InChI=1S/C13H13NO5S/c1-2-19-13(15)14-10-6-7-11-9(8-10)4-3-5-12(11)20(16,17)18/h3-8H,2H2,1H3,(H,14,15)(H,16,17,18). The third-order valence-corrected chi connectivity index (χ3v) is 3.55. The van der Waals surface area contributed by atoms with Gasteiger partial charge in [-0.3, -0.25) is 9.87 Å². The van der Waals surface area contributed by atoms with Crippen LogP contribution in [0, 0.1) is 0 Å². The first kappa shape index (κ1) is 14.3. The number of rotatable bonds is 3. The van der Waals surface area contributed by atoms with Gasteiger partial charge in [-0.25, -0.2) is 4.79 Å². The van der Waals surface area contributed by atoms with E-state index in [9.17, 15) is 13.2 Å². The predicted octanol–water partition coefficient (Wildman–Crippen LogP) is 2.65. The lowest BCUT2D eigenvalue weighted by molar-refractivity contribution is 0.168. The average Bonchev–Trinajstić information content (AvgIpc) is 2.37. The first-order valence-corrected chi connectivity index (χ1v) is 7.30. The second-order valence-corrected chi connectivity index (χ2v) is 5.40. The molecule has 0 aliphatic heterocycles. The van der Waals surface area contributed by atoms with Gasteiger partial charge in [-0.1, -0.05) is 18.2 Å². The molecule has 1 amide bonds. The van der Waals surface area contributed by atoms with Crippen LogP contribution in [0.15, 0.2) is 41.3 Å². The lowest BCUT2D eigenvalue weighted by atomic mass is 10.1. The highest BCUT2D eigenvalue weighted by atomic mass is 32.2. The van der Waals surface area contributed by atoms with Crippen LogP contribution in [0.2, 0.25) is 0 Å². The summed E-state index contributed by atoms with van der Waals surface area (Å²) in [5, 5.41) is 3.48. The van der Waals surface area contributed by atoms with Gasteiger partial charge in [-0.2, -0.15) is 8.42 Å². The molecule has 20 heavy (non-hydrogen) atoms. The molecule has 106 valence electrons. The van der Waals surface area contributed by atoms with E-state index in [0.29, 0.717) is 16.5 Å². The fraction of sp³-hybridized carbons (Fsp3) is 0.154. The summed E-state index contributed by atoms with van der Waals surface area (Å²) in [6, 6.07) is 9.16. The third kappa shape index (κ3) is 3.06. The molecule has 0 spiro atoms. The Labute approximate surface area is 116 Å². The van der Waals surface area contributed by atoms with E-state index >= 15 is 0 Å². The van der Waals surface area contributed by atoms with E-state index in [2.05, 4.69) is 5.32 Å². The van der Waals surface area contributed by atoms with Crippen molar-refractivity contribution < 1.29 is 22.5 Å². The summed E-state index contributed by atoms with van der Waals surface area (Å²) in [7, 11) is -4.29. The fourth-order valence-corrected chi connectivity index (χ4v) is 2.56. The van der Waals surface area contributed by atoms with Crippen molar-refractivity contribution in [2.24, 2.45) is 0 Å². The normalized spacial score (nSPS) is 11.3. The zero-order valence-corrected chi connectivity index (χ0v) is 11.5. The quantitative estimate of drug-likeness (QED) is 0.849. The summed E-state index contributed by atoms with van der Waals surface area (Å²) in [5.41, 5.74) is 0.475. The molecule has 2 aromatic carbocycles. The highest BCUT2D eigenvalue weighted by Crippen LogP contribution is 2.25. The van der Waals surface area contributed by atoms with E-state index in [0.717, 1.165) is 0 Å². The van der Waals surface area contributed by atoms with Crippen molar-refractivity contribution in [2.75, 3.05) is 11.9 Å².